The summed E-state index contributed by atoms with van der Waals surface area (Å²) in [5, 5.41) is 22.1. The SMILES string of the molecule is C=CC[C@@H](CO)CC1(C(=O)O)CCNC1(C)C. The van der Waals surface area contributed by atoms with Gasteiger partial charge in [0.05, 0.1) is 5.41 Å². The highest BCUT2D eigenvalue weighted by Crippen LogP contribution is 2.45. The molecule has 0 aromatic heterocycles. The standard InChI is InChI=1S/C13H23NO3/c1-4-5-10(9-15)8-13(11(16)17)6-7-14-12(13,2)3/h4,10,14-15H,1,5-9H2,2-3H3,(H,16,17)/t10-,13?/m1/s1. The number of carboxylic acids is 1. The van der Waals surface area contributed by atoms with Crippen LogP contribution < -0.4 is 5.32 Å². The lowest BCUT2D eigenvalue weighted by Gasteiger charge is -2.39. The van der Waals surface area contributed by atoms with E-state index in [0.717, 1.165) is 0 Å². The number of aliphatic carboxylic acids is 1. The van der Waals surface area contributed by atoms with Crippen molar-refractivity contribution < 1.29 is 15.0 Å². The summed E-state index contributed by atoms with van der Waals surface area (Å²) >= 11 is 0. The van der Waals surface area contributed by atoms with E-state index in [4.69, 9.17) is 0 Å². The Hall–Kier alpha value is -0.870. The summed E-state index contributed by atoms with van der Waals surface area (Å²) < 4.78 is 0. The predicted molar refractivity (Wildman–Crippen MR) is 66.8 cm³/mol. The summed E-state index contributed by atoms with van der Waals surface area (Å²) in [5.74, 6) is -0.794. The maximum Gasteiger partial charge on any atom is 0.311 e. The molecule has 4 heteroatoms. The molecule has 0 saturated carbocycles. The predicted octanol–water partition coefficient (Wildman–Crippen LogP) is 1.40. The van der Waals surface area contributed by atoms with Crippen LogP contribution in [0.2, 0.25) is 0 Å². The molecule has 98 valence electrons. The number of carbonyl (C=O) groups is 1. The molecule has 0 spiro atoms. The van der Waals surface area contributed by atoms with E-state index < -0.39 is 16.9 Å². The second kappa shape index (κ2) is 5.19. The molecule has 1 fully saturated rings. The second-order valence-corrected chi connectivity index (χ2v) is 5.47. The maximum absolute atomic E-state index is 11.6. The van der Waals surface area contributed by atoms with Gasteiger partial charge in [0.25, 0.3) is 0 Å². The molecule has 0 aromatic carbocycles. The van der Waals surface area contributed by atoms with E-state index in [-0.39, 0.29) is 12.5 Å². The summed E-state index contributed by atoms with van der Waals surface area (Å²) in [5.41, 5.74) is -1.23. The number of nitrogens with one attached hydrogen (secondary N) is 1. The molecule has 0 amide bonds. The fourth-order valence-electron chi connectivity index (χ4n) is 2.84. The zero-order chi connectivity index (χ0) is 13.1. The third-order valence-electron chi connectivity index (χ3n) is 4.12. The van der Waals surface area contributed by atoms with E-state index >= 15 is 0 Å². The van der Waals surface area contributed by atoms with Crippen molar-refractivity contribution in [2.45, 2.75) is 38.6 Å². The van der Waals surface area contributed by atoms with Crippen molar-refractivity contribution >= 4 is 5.97 Å². The van der Waals surface area contributed by atoms with Crippen LogP contribution in [0.3, 0.4) is 0 Å². The number of aliphatic hydroxyl groups excluding tert-OH is 1. The Morgan fingerprint density at radius 3 is 2.59 bits per heavy atom. The van der Waals surface area contributed by atoms with E-state index in [1.54, 1.807) is 6.08 Å². The highest BCUT2D eigenvalue weighted by atomic mass is 16.4. The van der Waals surface area contributed by atoms with Crippen molar-refractivity contribution in [2.75, 3.05) is 13.2 Å². The molecule has 2 atom stereocenters. The van der Waals surface area contributed by atoms with E-state index in [1.165, 1.54) is 0 Å². The van der Waals surface area contributed by atoms with Gasteiger partial charge in [-0.15, -0.1) is 6.58 Å². The Labute approximate surface area is 103 Å². The van der Waals surface area contributed by atoms with Crippen LogP contribution in [-0.2, 0) is 4.79 Å². The molecule has 0 aliphatic carbocycles. The van der Waals surface area contributed by atoms with E-state index in [0.29, 0.717) is 25.8 Å². The summed E-state index contributed by atoms with van der Waals surface area (Å²) in [4.78, 5) is 11.6. The van der Waals surface area contributed by atoms with Crippen molar-refractivity contribution in [3.63, 3.8) is 0 Å². The normalized spacial score (nSPS) is 28.9. The summed E-state index contributed by atoms with van der Waals surface area (Å²) in [6.45, 7) is 8.23. The molecule has 17 heavy (non-hydrogen) atoms. The van der Waals surface area contributed by atoms with E-state index in [1.807, 2.05) is 13.8 Å². The van der Waals surface area contributed by atoms with Gasteiger partial charge in [-0.1, -0.05) is 6.08 Å². The van der Waals surface area contributed by atoms with Crippen LogP contribution in [0, 0.1) is 11.3 Å². The van der Waals surface area contributed by atoms with Crippen molar-refractivity contribution in [1.82, 2.24) is 5.32 Å². The minimum absolute atomic E-state index is 0.0110. The van der Waals surface area contributed by atoms with Gasteiger partial charge in [-0.05, 0) is 45.6 Å². The number of hydrogen-bond donors (Lipinski definition) is 3. The first kappa shape index (κ1) is 14.2. The number of hydrogen-bond acceptors (Lipinski definition) is 3. The van der Waals surface area contributed by atoms with Crippen LogP contribution in [0.25, 0.3) is 0 Å². The second-order valence-electron chi connectivity index (χ2n) is 5.47. The largest absolute Gasteiger partial charge is 0.481 e. The molecule has 3 N–H and O–H groups in total. The van der Waals surface area contributed by atoms with Crippen LogP contribution in [-0.4, -0.2) is 34.9 Å². The van der Waals surface area contributed by atoms with Crippen LogP contribution in [0.15, 0.2) is 12.7 Å². The minimum atomic E-state index is -0.788. The van der Waals surface area contributed by atoms with Crippen LogP contribution >= 0.6 is 0 Å². The van der Waals surface area contributed by atoms with Gasteiger partial charge in [-0.25, -0.2) is 0 Å². The van der Waals surface area contributed by atoms with Gasteiger partial charge in [-0.2, -0.15) is 0 Å². The van der Waals surface area contributed by atoms with Gasteiger partial charge < -0.3 is 15.5 Å². The number of rotatable bonds is 6. The zero-order valence-electron chi connectivity index (χ0n) is 10.7. The fourth-order valence-corrected chi connectivity index (χ4v) is 2.84. The minimum Gasteiger partial charge on any atom is -0.481 e. The molecule has 1 unspecified atom stereocenters. The molecule has 0 aromatic rings. The Bertz CT molecular complexity index is 301. The third-order valence-corrected chi connectivity index (χ3v) is 4.12. The maximum atomic E-state index is 11.6. The van der Waals surface area contributed by atoms with Gasteiger partial charge in [-0.3, -0.25) is 4.79 Å². The van der Waals surface area contributed by atoms with Crippen molar-refractivity contribution in [3.8, 4) is 0 Å². The molecule has 0 radical (unpaired) electrons. The highest BCUT2D eigenvalue weighted by molar-refractivity contribution is 5.77. The lowest BCUT2D eigenvalue weighted by atomic mass is 9.67. The van der Waals surface area contributed by atoms with E-state index in [9.17, 15) is 15.0 Å². The van der Waals surface area contributed by atoms with Gasteiger partial charge in [0.1, 0.15) is 0 Å². The van der Waals surface area contributed by atoms with Crippen molar-refractivity contribution in [1.29, 1.82) is 0 Å². The Morgan fingerprint density at radius 2 is 2.24 bits per heavy atom. The monoisotopic (exact) mass is 241 g/mol. The third kappa shape index (κ3) is 2.53. The number of allylic oxidation sites excluding steroid dienone is 1. The fraction of sp³-hybridized carbons (Fsp3) is 0.769. The molecule has 0 bridgehead atoms. The van der Waals surface area contributed by atoms with Crippen LogP contribution in [0.4, 0.5) is 0 Å². The lowest BCUT2D eigenvalue weighted by Crippen LogP contribution is -2.52. The van der Waals surface area contributed by atoms with Crippen molar-refractivity contribution in [2.24, 2.45) is 11.3 Å². The average molecular weight is 241 g/mol. The molecule has 1 rings (SSSR count). The summed E-state index contributed by atoms with van der Waals surface area (Å²) in [6, 6.07) is 0. The first-order valence-corrected chi connectivity index (χ1v) is 6.10. The van der Waals surface area contributed by atoms with Crippen LogP contribution in [0.5, 0.6) is 0 Å². The molecule has 1 heterocycles. The number of carboxylic acid groups (broad SMARTS) is 1. The molecule has 4 nitrogen and oxygen atoms in total. The highest BCUT2D eigenvalue weighted by Gasteiger charge is 2.55. The van der Waals surface area contributed by atoms with Gasteiger partial charge in [0, 0.05) is 12.1 Å². The van der Waals surface area contributed by atoms with Gasteiger partial charge in [0.2, 0.25) is 0 Å². The van der Waals surface area contributed by atoms with E-state index in [2.05, 4.69) is 11.9 Å². The Balaban J connectivity index is 2.93. The van der Waals surface area contributed by atoms with Crippen molar-refractivity contribution in [3.05, 3.63) is 12.7 Å². The first-order chi connectivity index (χ1) is 7.89. The quantitative estimate of drug-likeness (QED) is 0.615. The van der Waals surface area contributed by atoms with Gasteiger partial charge >= 0.3 is 5.97 Å². The zero-order valence-corrected chi connectivity index (χ0v) is 10.7. The molecule has 1 aliphatic rings. The molecular weight excluding hydrogens is 218 g/mol. The first-order valence-electron chi connectivity index (χ1n) is 6.10. The smallest absolute Gasteiger partial charge is 0.311 e. The number of aliphatic hydroxyl groups is 1. The summed E-state index contributed by atoms with van der Waals surface area (Å²) in [6.07, 6.45) is 3.50. The average Bonchev–Trinajstić information content (AvgIpc) is 2.54. The van der Waals surface area contributed by atoms with Crippen LogP contribution in [0.1, 0.15) is 33.1 Å². The van der Waals surface area contributed by atoms with Gasteiger partial charge in [0.15, 0.2) is 0 Å². The molecule has 1 saturated heterocycles. The lowest BCUT2D eigenvalue weighted by molar-refractivity contribution is -0.153. The Morgan fingerprint density at radius 1 is 1.59 bits per heavy atom. The summed E-state index contributed by atoms with van der Waals surface area (Å²) in [7, 11) is 0. The topological polar surface area (TPSA) is 69.6 Å². The molecular formula is C13H23NO3. The molecule has 1 aliphatic heterocycles. The Kier molecular flexibility index (Phi) is 4.33.